The number of nitrogens with one attached hydrogen (secondary N) is 2. The summed E-state index contributed by atoms with van der Waals surface area (Å²) < 4.78 is 0. The minimum atomic E-state index is 0.144. The minimum absolute atomic E-state index is 0.144. The van der Waals surface area contributed by atoms with E-state index in [1.54, 1.807) is 0 Å². The first kappa shape index (κ1) is 8.52. The fourth-order valence-electron chi connectivity index (χ4n) is 1.51. The summed E-state index contributed by atoms with van der Waals surface area (Å²) in [5.41, 5.74) is 0. The molecular weight excluding hydrogens is 168 g/mol. The lowest BCUT2D eigenvalue weighted by molar-refractivity contribution is 0.228. The summed E-state index contributed by atoms with van der Waals surface area (Å²) in [5.74, 6) is 0.976. The average Bonchev–Trinajstić information content (AvgIpc) is 2.53. The second kappa shape index (κ2) is 3.76. The fraction of sp³-hybridized carbons (Fsp3) is 0.625. The number of aromatic amines is 1. The summed E-state index contributed by atoms with van der Waals surface area (Å²) in [5, 5.41) is 12.3. The van der Waals surface area contributed by atoms with Crippen LogP contribution in [0, 0.1) is 0 Å². The number of nitrogens with zero attached hydrogens (tertiary/aromatic N) is 2. The second-order valence-corrected chi connectivity index (χ2v) is 3.24. The van der Waals surface area contributed by atoms with Crippen molar-refractivity contribution in [3.8, 4) is 5.88 Å². The first-order valence-corrected chi connectivity index (χ1v) is 4.50. The van der Waals surface area contributed by atoms with Crippen LogP contribution < -0.4 is 5.32 Å². The molecule has 0 spiro atoms. The lowest BCUT2D eigenvalue weighted by atomic mass is 10.3. The summed E-state index contributed by atoms with van der Waals surface area (Å²) in [6.07, 6.45) is 1.44. The Morgan fingerprint density at radius 1 is 1.46 bits per heavy atom. The summed E-state index contributed by atoms with van der Waals surface area (Å²) in [7, 11) is 0. The number of aromatic nitrogens is 2. The molecule has 1 aromatic heterocycles. The van der Waals surface area contributed by atoms with Crippen LogP contribution in [0.1, 0.15) is 5.82 Å². The van der Waals surface area contributed by atoms with E-state index in [1.807, 2.05) is 0 Å². The van der Waals surface area contributed by atoms with Crippen LogP contribution in [0.15, 0.2) is 6.20 Å². The molecule has 3 N–H and O–H groups in total. The van der Waals surface area contributed by atoms with E-state index in [4.69, 9.17) is 5.11 Å². The van der Waals surface area contributed by atoms with Gasteiger partial charge in [0.25, 0.3) is 0 Å². The van der Waals surface area contributed by atoms with Gasteiger partial charge in [0.15, 0.2) is 0 Å². The van der Waals surface area contributed by atoms with Gasteiger partial charge < -0.3 is 15.4 Å². The van der Waals surface area contributed by atoms with Gasteiger partial charge >= 0.3 is 0 Å². The zero-order valence-electron chi connectivity index (χ0n) is 7.45. The Balaban J connectivity index is 1.89. The molecule has 2 rings (SSSR count). The SMILES string of the molecule is Oc1cnc(CN2CCNCC2)[nH]1. The van der Waals surface area contributed by atoms with Gasteiger partial charge in [-0.05, 0) is 0 Å². The third-order valence-corrected chi connectivity index (χ3v) is 2.20. The number of imidazole rings is 1. The van der Waals surface area contributed by atoms with Crippen LogP contribution in [-0.4, -0.2) is 46.2 Å². The van der Waals surface area contributed by atoms with E-state index in [1.165, 1.54) is 6.20 Å². The van der Waals surface area contributed by atoms with Crippen molar-refractivity contribution in [2.24, 2.45) is 0 Å². The normalized spacial score (nSPS) is 19.1. The zero-order valence-corrected chi connectivity index (χ0v) is 7.45. The molecule has 0 unspecified atom stereocenters. The van der Waals surface area contributed by atoms with Gasteiger partial charge in [0.2, 0.25) is 5.88 Å². The largest absolute Gasteiger partial charge is 0.493 e. The molecule has 1 saturated heterocycles. The summed E-state index contributed by atoms with van der Waals surface area (Å²) >= 11 is 0. The van der Waals surface area contributed by atoms with Gasteiger partial charge in [-0.15, -0.1) is 0 Å². The van der Waals surface area contributed by atoms with Crippen LogP contribution >= 0.6 is 0 Å². The molecule has 0 atom stereocenters. The quantitative estimate of drug-likeness (QED) is 0.578. The fourth-order valence-corrected chi connectivity index (χ4v) is 1.51. The number of rotatable bonds is 2. The Hall–Kier alpha value is -1.07. The number of piperazine rings is 1. The maximum atomic E-state index is 9.03. The van der Waals surface area contributed by atoms with Crippen molar-refractivity contribution >= 4 is 0 Å². The molecule has 0 bridgehead atoms. The number of H-pyrrole nitrogens is 1. The number of hydrogen-bond acceptors (Lipinski definition) is 4. The van der Waals surface area contributed by atoms with E-state index in [0.29, 0.717) is 0 Å². The monoisotopic (exact) mass is 182 g/mol. The Labute approximate surface area is 76.8 Å². The molecule has 0 amide bonds. The molecule has 1 fully saturated rings. The van der Waals surface area contributed by atoms with Crippen LogP contribution in [-0.2, 0) is 6.54 Å². The van der Waals surface area contributed by atoms with Crippen molar-refractivity contribution in [1.29, 1.82) is 0 Å². The molecule has 1 aliphatic heterocycles. The van der Waals surface area contributed by atoms with E-state index in [-0.39, 0.29) is 5.88 Å². The van der Waals surface area contributed by atoms with E-state index in [2.05, 4.69) is 20.2 Å². The van der Waals surface area contributed by atoms with Crippen molar-refractivity contribution in [3.05, 3.63) is 12.0 Å². The molecule has 0 aliphatic carbocycles. The van der Waals surface area contributed by atoms with E-state index in [9.17, 15) is 0 Å². The maximum absolute atomic E-state index is 9.03. The van der Waals surface area contributed by atoms with Crippen molar-refractivity contribution in [2.45, 2.75) is 6.54 Å². The molecule has 13 heavy (non-hydrogen) atoms. The van der Waals surface area contributed by atoms with Gasteiger partial charge in [-0.25, -0.2) is 4.98 Å². The van der Waals surface area contributed by atoms with Gasteiger partial charge in [0.05, 0.1) is 12.7 Å². The van der Waals surface area contributed by atoms with Crippen LogP contribution in [0.2, 0.25) is 0 Å². The Bertz CT molecular complexity index is 267. The van der Waals surface area contributed by atoms with Gasteiger partial charge in [-0.2, -0.15) is 0 Å². The first-order valence-electron chi connectivity index (χ1n) is 4.50. The minimum Gasteiger partial charge on any atom is -0.493 e. The van der Waals surface area contributed by atoms with Crippen LogP contribution in [0.25, 0.3) is 0 Å². The Morgan fingerprint density at radius 3 is 2.85 bits per heavy atom. The van der Waals surface area contributed by atoms with E-state index in [0.717, 1.165) is 38.5 Å². The number of aromatic hydroxyl groups is 1. The van der Waals surface area contributed by atoms with Crippen molar-refractivity contribution in [2.75, 3.05) is 26.2 Å². The summed E-state index contributed by atoms with van der Waals surface area (Å²) in [6.45, 7) is 4.95. The van der Waals surface area contributed by atoms with Crippen LogP contribution in [0.5, 0.6) is 5.88 Å². The van der Waals surface area contributed by atoms with Crippen molar-refractivity contribution in [1.82, 2.24) is 20.2 Å². The van der Waals surface area contributed by atoms with Gasteiger partial charge in [0, 0.05) is 26.2 Å². The van der Waals surface area contributed by atoms with Crippen LogP contribution in [0.3, 0.4) is 0 Å². The first-order chi connectivity index (χ1) is 6.34. The van der Waals surface area contributed by atoms with Gasteiger partial charge in [-0.1, -0.05) is 0 Å². The Morgan fingerprint density at radius 2 is 2.23 bits per heavy atom. The van der Waals surface area contributed by atoms with Crippen molar-refractivity contribution in [3.63, 3.8) is 0 Å². The molecule has 0 aromatic carbocycles. The van der Waals surface area contributed by atoms with Gasteiger partial charge in [0.1, 0.15) is 5.82 Å². The lowest BCUT2D eigenvalue weighted by Crippen LogP contribution is -2.43. The molecule has 5 heteroatoms. The van der Waals surface area contributed by atoms with Gasteiger partial charge in [-0.3, -0.25) is 4.90 Å². The molecule has 1 aliphatic rings. The molecule has 72 valence electrons. The highest BCUT2D eigenvalue weighted by Crippen LogP contribution is 2.06. The molecule has 1 aromatic rings. The summed E-state index contributed by atoms with van der Waals surface area (Å²) in [6, 6.07) is 0. The maximum Gasteiger partial charge on any atom is 0.208 e. The van der Waals surface area contributed by atoms with E-state index >= 15 is 0 Å². The van der Waals surface area contributed by atoms with Crippen molar-refractivity contribution < 1.29 is 5.11 Å². The lowest BCUT2D eigenvalue weighted by Gasteiger charge is -2.25. The molecular formula is C8H14N4O. The molecule has 0 radical (unpaired) electrons. The standard InChI is InChI=1S/C8H14N4O/c13-8-5-10-7(11-8)6-12-3-1-9-2-4-12/h5,9,13H,1-4,6H2,(H,10,11). The molecule has 0 saturated carbocycles. The highest BCUT2D eigenvalue weighted by molar-refractivity contribution is 5.04. The Kier molecular flexibility index (Phi) is 2.47. The predicted octanol–water partition coefficient (Wildman–Crippen LogP) is -0.479. The molecule has 2 heterocycles. The topological polar surface area (TPSA) is 64.2 Å². The third kappa shape index (κ3) is 2.19. The smallest absolute Gasteiger partial charge is 0.208 e. The predicted molar refractivity (Wildman–Crippen MR) is 48.4 cm³/mol. The zero-order chi connectivity index (χ0) is 9.10. The van der Waals surface area contributed by atoms with Crippen LogP contribution in [0.4, 0.5) is 0 Å². The second-order valence-electron chi connectivity index (χ2n) is 3.24. The highest BCUT2D eigenvalue weighted by Gasteiger charge is 2.11. The average molecular weight is 182 g/mol. The highest BCUT2D eigenvalue weighted by atomic mass is 16.3. The van der Waals surface area contributed by atoms with E-state index < -0.39 is 0 Å². The summed E-state index contributed by atoms with van der Waals surface area (Å²) in [4.78, 5) is 9.15. The third-order valence-electron chi connectivity index (χ3n) is 2.20. The molecule has 5 nitrogen and oxygen atoms in total. The number of hydrogen-bond donors (Lipinski definition) is 3.